The summed E-state index contributed by atoms with van der Waals surface area (Å²) in [6.07, 6.45) is 14.9. The molecule has 1 saturated carbocycles. The van der Waals surface area contributed by atoms with E-state index in [4.69, 9.17) is 4.74 Å². The van der Waals surface area contributed by atoms with Gasteiger partial charge in [-0.05, 0) is 49.1 Å². The third kappa shape index (κ3) is 7.15. The molecule has 0 bridgehead atoms. The highest BCUT2D eigenvalue weighted by Gasteiger charge is 2.26. The van der Waals surface area contributed by atoms with Gasteiger partial charge in [0.2, 0.25) is 5.91 Å². The van der Waals surface area contributed by atoms with E-state index >= 15 is 0 Å². The minimum atomic E-state index is 0.345. The highest BCUT2D eigenvalue weighted by Crippen LogP contribution is 2.26. The van der Waals surface area contributed by atoms with Crippen molar-refractivity contribution in [2.75, 3.05) is 7.11 Å². The summed E-state index contributed by atoms with van der Waals surface area (Å²) in [7, 11) is 1.70. The maximum Gasteiger partial charge on any atom is 0.223 e. The second kappa shape index (κ2) is 12.6. The standard InChI is InChI=1S/C27H40N2O2/c1-3-4-5-6-10-18-27(30)29(24-14-8-7-9-15-24)22-25-16-12-19-28(25)21-23-13-11-17-26(20-23)31-2/h11-13,16-17,19-20,24H,3-10,14-15,18,21-22H2,1-2H3. The fourth-order valence-electron chi connectivity index (χ4n) is 4.73. The van der Waals surface area contributed by atoms with Crippen molar-refractivity contribution in [2.45, 2.75) is 96.7 Å². The van der Waals surface area contributed by atoms with Gasteiger partial charge in [0.1, 0.15) is 5.75 Å². The van der Waals surface area contributed by atoms with E-state index in [0.717, 1.165) is 38.1 Å². The van der Waals surface area contributed by atoms with Crippen molar-refractivity contribution in [2.24, 2.45) is 0 Å². The maximum atomic E-state index is 13.3. The van der Waals surface area contributed by atoms with Gasteiger partial charge in [-0.25, -0.2) is 0 Å². The number of carbonyl (C=O) groups excluding carboxylic acids is 1. The zero-order valence-electron chi connectivity index (χ0n) is 19.5. The summed E-state index contributed by atoms with van der Waals surface area (Å²) < 4.78 is 7.66. The number of hydrogen-bond donors (Lipinski definition) is 0. The lowest BCUT2D eigenvalue weighted by atomic mass is 9.93. The number of ether oxygens (including phenoxy) is 1. The first-order valence-corrected chi connectivity index (χ1v) is 12.3. The fraction of sp³-hybridized carbons (Fsp3) is 0.593. The predicted molar refractivity (Wildman–Crippen MR) is 127 cm³/mol. The van der Waals surface area contributed by atoms with E-state index in [1.54, 1.807) is 7.11 Å². The molecule has 0 spiro atoms. The summed E-state index contributed by atoms with van der Waals surface area (Å²) in [5.41, 5.74) is 2.43. The van der Waals surface area contributed by atoms with E-state index in [0.29, 0.717) is 18.4 Å². The number of aromatic nitrogens is 1. The Bertz CT molecular complexity index is 792. The quantitative estimate of drug-likeness (QED) is 0.361. The summed E-state index contributed by atoms with van der Waals surface area (Å²) in [5.74, 6) is 1.23. The van der Waals surface area contributed by atoms with Gasteiger partial charge in [-0.3, -0.25) is 4.79 Å². The zero-order valence-corrected chi connectivity index (χ0v) is 19.5. The molecular weight excluding hydrogens is 384 g/mol. The first-order valence-electron chi connectivity index (χ1n) is 12.3. The summed E-state index contributed by atoms with van der Waals surface area (Å²) >= 11 is 0. The van der Waals surface area contributed by atoms with E-state index < -0.39 is 0 Å². The van der Waals surface area contributed by atoms with Crippen LogP contribution in [0.5, 0.6) is 5.75 Å². The predicted octanol–water partition coefficient (Wildman–Crippen LogP) is 6.57. The van der Waals surface area contributed by atoms with Crippen LogP contribution in [0.2, 0.25) is 0 Å². The number of unbranched alkanes of at least 4 members (excludes halogenated alkanes) is 4. The van der Waals surface area contributed by atoms with Crippen molar-refractivity contribution in [3.63, 3.8) is 0 Å². The highest BCUT2D eigenvalue weighted by atomic mass is 16.5. The van der Waals surface area contributed by atoms with Gasteiger partial charge in [0.15, 0.2) is 0 Å². The van der Waals surface area contributed by atoms with E-state index in [1.165, 1.54) is 56.2 Å². The van der Waals surface area contributed by atoms with Gasteiger partial charge in [-0.2, -0.15) is 0 Å². The van der Waals surface area contributed by atoms with E-state index in [9.17, 15) is 4.79 Å². The number of benzene rings is 1. The van der Waals surface area contributed by atoms with Crippen molar-refractivity contribution >= 4 is 5.91 Å². The Morgan fingerprint density at radius 1 is 1.06 bits per heavy atom. The average Bonchev–Trinajstić information content (AvgIpc) is 3.24. The van der Waals surface area contributed by atoms with Gasteiger partial charge in [-0.15, -0.1) is 0 Å². The smallest absolute Gasteiger partial charge is 0.223 e. The van der Waals surface area contributed by atoms with Crippen LogP contribution in [0.4, 0.5) is 0 Å². The zero-order chi connectivity index (χ0) is 21.9. The number of methoxy groups -OCH3 is 1. The summed E-state index contributed by atoms with van der Waals surface area (Å²) in [6, 6.07) is 12.9. The van der Waals surface area contributed by atoms with Crippen molar-refractivity contribution in [1.82, 2.24) is 9.47 Å². The molecule has 1 aliphatic carbocycles. The van der Waals surface area contributed by atoms with Gasteiger partial charge >= 0.3 is 0 Å². The second-order valence-corrected chi connectivity index (χ2v) is 8.96. The number of amides is 1. The molecule has 4 heteroatoms. The SMILES string of the molecule is CCCCCCCC(=O)N(Cc1cccn1Cc1cccc(OC)c1)C1CCCCC1. The van der Waals surface area contributed by atoms with Crippen molar-refractivity contribution in [1.29, 1.82) is 0 Å². The van der Waals surface area contributed by atoms with Crippen molar-refractivity contribution < 1.29 is 9.53 Å². The van der Waals surface area contributed by atoms with Crippen LogP contribution in [-0.2, 0) is 17.9 Å². The molecule has 1 heterocycles. The Kier molecular flexibility index (Phi) is 9.51. The Hall–Kier alpha value is -2.23. The molecule has 2 aromatic rings. The Labute approximate surface area is 188 Å². The van der Waals surface area contributed by atoms with Crippen LogP contribution in [0, 0.1) is 0 Å². The first-order chi connectivity index (χ1) is 15.2. The molecule has 0 unspecified atom stereocenters. The molecule has 1 fully saturated rings. The van der Waals surface area contributed by atoms with Crippen molar-refractivity contribution in [3.8, 4) is 5.75 Å². The Morgan fingerprint density at radius 2 is 1.87 bits per heavy atom. The lowest BCUT2D eigenvalue weighted by Gasteiger charge is -2.35. The van der Waals surface area contributed by atoms with Gasteiger partial charge in [0.05, 0.1) is 13.7 Å². The molecule has 0 atom stereocenters. The highest BCUT2D eigenvalue weighted by molar-refractivity contribution is 5.76. The average molecular weight is 425 g/mol. The topological polar surface area (TPSA) is 34.5 Å². The summed E-state index contributed by atoms with van der Waals surface area (Å²) in [5, 5.41) is 0. The maximum absolute atomic E-state index is 13.3. The number of rotatable bonds is 12. The molecule has 1 aliphatic rings. The minimum absolute atomic E-state index is 0.345. The third-order valence-corrected chi connectivity index (χ3v) is 6.57. The van der Waals surface area contributed by atoms with Crippen LogP contribution in [0.15, 0.2) is 42.6 Å². The number of carbonyl (C=O) groups is 1. The largest absolute Gasteiger partial charge is 0.497 e. The van der Waals surface area contributed by atoms with Gasteiger partial charge in [0, 0.05) is 30.9 Å². The van der Waals surface area contributed by atoms with E-state index in [-0.39, 0.29) is 0 Å². The van der Waals surface area contributed by atoms with Crippen LogP contribution < -0.4 is 4.74 Å². The molecule has 0 N–H and O–H groups in total. The molecule has 1 aromatic heterocycles. The lowest BCUT2D eigenvalue weighted by Crippen LogP contribution is -2.41. The number of nitrogens with zero attached hydrogens (tertiary/aromatic N) is 2. The molecule has 31 heavy (non-hydrogen) atoms. The molecule has 3 rings (SSSR count). The molecule has 0 aliphatic heterocycles. The molecule has 170 valence electrons. The normalized spacial score (nSPS) is 14.5. The van der Waals surface area contributed by atoms with Gasteiger partial charge in [-0.1, -0.05) is 64.0 Å². The van der Waals surface area contributed by atoms with Crippen LogP contribution in [0.25, 0.3) is 0 Å². The minimum Gasteiger partial charge on any atom is -0.497 e. The van der Waals surface area contributed by atoms with Crippen LogP contribution >= 0.6 is 0 Å². The third-order valence-electron chi connectivity index (χ3n) is 6.57. The summed E-state index contributed by atoms with van der Waals surface area (Å²) in [6.45, 7) is 3.75. The Balaban J connectivity index is 1.67. The Morgan fingerprint density at radius 3 is 2.65 bits per heavy atom. The van der Waals surface area contributed by atoms with Crippen molar-refractivity contribution in [3.05, 3.63) is 53.9 Å². The van der Waals surface area contributed by atoms with Crippen LogP contribution in [0.1, 0.15) is 88.8 Å². The van der Waals surface area contributed by atoms with Gasteiger partial charge < -0.3 is 14.2 Å². The molecule has 0 radical (unpaired) electrons. The second-order valence-electron chi connectivity index (χ2n) is 8.96. The van der Waals surface area contributed by atoms with E-state index in [1.807, 2.05) is 12.1 Å². The first kappa shape index (κ1) is 23.4. The molecule has 1 aromatic carbocycles. The van der Waals surface area contributed by atoms with Gasteiger partial charge in [0.25, 0.3) is 0 Å². The molecule has 0 saturated heterocycles. The number of hydrogen-bond acceptors (Lipinski definition) is 2. The lowest BCUT2D eigenvalue weighted by molar-refractivity contribution is -0.135. The molecule has 4 nitrogen and oxygen atoms in total. The molecular formula is C27H40N2O2. The van der Waals surface area contributed by atoms with Crippen LogP contribution in [-0.4, -0.2) is 28.5 Å². The monoisotopic (exact) mass is 424 g/mol. The molecule has 1 amide bonds. The fourth-order valence-corrected chi connectivity index (χ4v) is 4.73. The van der Waals surface area contributed by atoms with E-state index in [2.05, 4.69) is 46.9 Å². The summed E-state index contributed by atoms with van der Waals surface area (Å²) in [4.78, 5) is 15.5. The van der Waals surface area contributed by atoms with Crippen LogP contribution in [0.3, 0.4) is 0 Å².